The fraction of sp³-hybridized carbons (Fsp3) is 0.385. The average molecular weight is 267 g/mol. The fourth-order valence-corrected chi connectivity index (χ4v) is 2.03. The highest BCUT2D eigenvalue weighted by Gasteiger charge is 2.20. The quantitative estimate of drug-likeness (QED) is 0.877. The zero-order chi connectivity index (χ0) is 13.8. The standard InChI is InChI=1S/C13H15F2N3O/c1-16-13(19)10-3-2-9(11(18-10)12(14)15)8-4-6-17-7-5-8/h2-4,12,17H,5-7H2,1H3,(H,16,19). The summed E-state index contributed by atoms with van der Waals surface area (Å²) in [6.45, 7) is 1.42. The summed E-state index contributed by atoms with van der Waals surface area (Å²) >= 11 is 0. The molecule has 0 radical (unpaired) electrons. The molecule has 0 fully saturated rings. The number of nitrogens with zero attached hydrogens (tertiary/aromatic N) is 1. The number of halogens is 2. The normalized spacial score (nSPS) is 15.3. The van der Waals surface area contributed by atoms with Gasteiger partial charge < -0.3 is 10.6 Å². The lowest BCUT2D eigenvalue weighted by molar-refractivity contribution is 0.0956. The molecule has 0 bridgehead atoms. The number of rotatable bonds is 3. The van der Waals surface area contributed by atoms with Gasteiger partial charge in [0.05, 0.1) is 0 Å². The number of nitrogens with one attached hydrogen (secondary N) is 2. The summed E-state index contributed by atoms with van der Waals surface area (Å²) in [6.07, 6.45) is -0.137. The van der Waals surface area contributed by atoms with Crippen LogP contribution in [-0.4, -0.2) is 31.0 Å². The Kier molecular flexibility index (Phi) is 4.21. The van der Waals surface area contributed by atoms with Gasteiger partial charge in [-0.3, -0.25) is 4.79 Å². The lowest BCUT2D eigenvalue weighted by Crippen LogP contribution is -2.22. The second-order valence-electron chi connectivity index (χ2n) is 4.19. The van der Waals surface area contributed by atoms with E-state index >= 15 is 0 Å². The van der Waals surface area contributed by atoms with Crippen molar-refractivity contribution in [2.75, 3.05) is 20.1 Å². The summed E-state index contributed by atoms with van der Waals surface area (Å²) in [5.41, 5.74) is 0.972. The third kappa shape index (κ3) is 2.96. The molecule has 1 amide bonds. The molecule has 0 aromatic carbocycles. The maximum absolute atomic E-state index is 13.1. The number of hydrogen-bond acceptors (Lipinski definition) is 3. The van der Waals surface area contributed by atoms with E-state index < -0.39 is 12.3 Å². The maximum atomic E-state index is 13.1. The summed E-state index contributed by atoms with van der Waals surface area (Å²) in [7, 11) is 1.44. The zero-order valence-electron chi connectivity index (χ0n) is 10.5. The number of pyridine rings is 1. The van der Waals surface area contributed by atoms with Crippen molar-refractivity contribution in [1.82, 2.24) is 15.6 Å². The molecule has 0 aliphatic carbocycles. The highest BCUT2D eigenvalue weighted by molar-refractivity contribution is 5.92. The summed E-state index contributed by atoms with van der Waals surface area (Å²) in [4.78, 5) is 15.2. The maximum Gasteiger partial charge on any atom is 0.280 e. The molecule has 102 valence electrons. The van der Waals surface area contributed by atoms with Crippen LogP contribution in [0.2, 0.25) is 0 Å². The van der Waals surface area contributed by atoms with E-state index in [0.717, 1.165) is 12.1 Å². The molecule has 2 rings (SSSR count). The summed E-state index contributed by atoms with van der Waals surface area (Å²) in [6, 6.07) is 3.03. The Morgan fingerprint density at radius 1 is 1.47 bits per heavy atom. The Hall–Kier alpha value is -1.82. The Balaban J connectivity index is 2.43. The minimum Gasteiger partial charge on any atom is -0.354 e. The fourth-order valence-electron chi connectivity index (χ4n) is 2.03. The Morgan fingerprint density at radius 3 is 2.84 bits per heavy atom. The molecule has 1 aromatic heterocycles. The molecule has 0 spiro atoms. The molecular formula is C13H15F2N3O. The van der Waals surface area contributed by atoms with Crippen LogP contribution < -0.4 is 10.6 Å². The second kappa shape index (κ2) is 5.88. The first-order valence-corrected chi connectivity index (χ1v) is 6.04. The van der Waals surface area contributed by atoms with Crippen LogP contribution >= 0.6 is 0 Å². The number of carbonyl (C=O) groups excluding carboxylic acids is 1. The number of amides is 1. The third-order valence-corrected chi connectivity index (χ3v) is 3.00. The van der Waals surface area contributed by atoms with Crippen LogP contribution in [0.25, 0.3) is 5.57 Å². The van der Waals surface area contributed by atoms with Crippen molar-refractivity contribution in [2.45, 2.75) is 12.8 Å². The number of hydrogen-bond donors (Lipinski definition) is 2. The van der Waals surface area contributed by atoms with Gasteiger partial charge in [0, 0.05) is 19.2 Å². The van der Waals surface area contributed by atoms with Gasteiger partial charge in [0.25, 0.3) is 12.3 Å². The topological polar surface area (TPSA) is 54.0 Å². The van der Waals surface area contributed by atoms with E-state index in [2.05, 4.69) is 15.6 Å². The van der Waals surface area contributed by atoms with Crippen LogP contribution in [0.1, 0.15) is 34.6 Å². The molecule has 4 nitrogen and oxygen atoms in total. The predicted octanol–water partition coefficient (Wildman–Crippen LogP) is 1.76. The van der Waals surface area contributed by atoms with E-state index in [4.69, 9.17) is 0 Å². The van der Waals surface area contributed by atoms with E-state index in [9.17, 15) is 13.6 Å². The first-order valence-electron chi connectivity index (χ1n) is 6.04. The van der Waals surface area contributed by atoms with Gasteiger partial charge in [0.15, 0.2) is 0 Å². The van der Waals surface area contributed by atoms with Crippen LogP contribution in [0, 0.1) is 0 Å². The van der Waals surface area contributed by atoms with Crippen molar-refractivity contribution in [3.8, 4) is 0 Å². The van der Waals surface area contributed by atoms with Gasteiger partial charge in [-0.25, -0.2) is 13.8 Å². The van der Waals surface area contributed by atoms with E-state index in [0.29, 0.717) is 18.5 Å². The van der Waals surface area contributed by atoms with Crippen molar-refractivity contribution < 1.29 is 13.6 Å². The highest BCUT2D eigenvalue weighted by atomic mass is 19.3. The van der Waals surface area contributed by atoms with E-state index in [1.807, 2.05) is 6.08 Å². The van der Waals surface area contributed by atoms with Crippen molar-refractivity contribution >= 4 is 11.5 Å². The third-order valence-electron chi connectivity index (χ3n) is 3.00. The molecule has 0 saturated heterocycles. The molecule has 2 N–H and O–H groups in total. The van der Waals surface area contributed by atoms with Gasteiger partial charge in [-0.05, 0) is 24.6 Å². The minimum absolute atomic E-state index is 0.0103. The van der Waals surface area contributed by atoms with Crippen molar-refractivity contribution in [2.24, 2.45) is 0 Å². The van der Waals surface area contributed by atoms with E-state index in [1.165, 1.54) is 13.1 Å². The van der Waals surface area contributed by atoms with Crippen LogP contribution in [0.3, 0.4) is 0 Å². The lowest BCUT2D eigenvalue weighted by atomic mass is 9.98. The van der Waals surface area contributed by atoms with Crippen LogP contribution in [0.5, 0.6) is 0 Å². The minimum atomic E-state index is -2.70. The predicted molar refractivity (Wildman–Crippen MR) is 68.0 cm³/mol. The molecule has 2 heterocycles. The summed E-state index contributed by atoms with van der Waals surface area (Å²) in [5, 5.41) is 5.50. The molecule has 0 unspecified atom stereocenters. The van der Waals surface area contributed by atoms with E-state index in [1.54, 1.807) is 6.07 Å². The Morgan fingerprint density at radius 2 is 2.26 bits per heavy atom. The average Bonchev–Trinajstić information content (AvgIpc) is 2.46. The molecule has 0 atom stereocenters. The highest BCUT2D eigenvalue weighted by Crippen LogP contribution is 2.29. The van der Waals surface area contributed by atoms with Crippen LogP contribution in [0.4, 0.5) is 8.78 Å². The van der Waals surface area contributed by atoms with Crippen molar-refractivity contribution in [3.63, 3.8) is 0 Å². The largest absolute Gasteiger partial charge is 0.354 e. The molecule has 1 aromatic rings. The number of alkyl halides is 2. The van der Waals surface area contributed by atoms with Gasteiger partial charge in [-0.1, -0.05) is 12.1 Å². The van der Waals surface area contributed by atoms with Gasteiger partial charge in [0.1, 0.15) is 11.4 Å². The van der Waals surface area contributed by atoms with Crippen LogP contribution in [-0.2, 0) is 0 Å². The molecule has 1 aliphatic rings. The molecule has 6 heteroatoms. The molecular weight excluding hydrogens is 252 g/mol. The molecule has 0 saturated carbocycles. The number of carbonyl (C=O) groups is 1. The van der Waals surface area contributed by atoms with Gasteiger partial charge >= 0.3 is 0 Å². The lowest BCUT2D eigenvalue weighted by Gasteiger charge is -2.17. The van der Waals surface area contributed by atoms with Crippen molar-refractivity contribution in [1.29, 1.82) is 0 Å². The smallest absolute Gasteiger partial charge is 0.280 e. The summed E-state index contributed by atoms with van der Waals surface area (Å²) in [5.74, 6) is -0.465. The number of aromatic nitrogens is 1. The van der Waals surface area contributed by atoms with Crippen LogP contribution in [0.15, 0.2) is 18.2 Å². The van der Waals surface area contributed by atoms with Crippen molar-refractivity contribution in [3.05, 3.63) is 35.2 Å². The van der Waals surface area contributed by atoms with Gasteiger partial charge in [-0.15, -0.1) is 0 Å². The first-order chi connectivity index (χ1) is 9.13. The molecule has 19 heavy (non-hydrogen) atoms. The summed E-state index contributed by atoms with van der Waals surface area (Å²) < 4.78 is 26.2. The van der Waals surface area contributed by atoms with E-state index in [-0.39, 0.29) is 11.4 Å². The second-order valence-corrected chi connectivity index (χ2v) is 4.19. The zero-order valence-corrected chi connectivity index (χ0v) is 10.5. The Labute approximate surface area is 109 Å². The molecule has 1 aliphatic heterocycles. The first kappa shape index (κ1) is 13.6. The SMILES string of the molecule is CNC(=O)c1ccc(C2=CCNCC2)c(C(F)F)n1. The van der Waals surface area contributed by atoms with Gasteiger partial charge in [-0.2, -0.15) is 0 Å². The Bertz CT molecular complexity index is 515. The van der Waals surface area contributed by atoms with Gasteiger partial charge in [0.2, 0.25) is 0 Å². The monoisotopic (exact) mass is 267 g/mol.